The van der Waals surface area contributed by atoms with E-state index in [4.69, 9.17) is 14.6 Å². The van der Waals surface area contributed by atoms with Gasteiger partial charge in [-0.2, -0.15) is 0 Å². The number of hydrogen-bond donors (Lipinski definition) is 3. The van der Waals surface area contributed by atoms with E-state index < -0.39 is 12.3 Å². The molecule has 0 saturated carbocycles. The normalized spacial score (nSPS) is 21.4. The molecule has 37 heavy (non-hydrogen) atoms. The van der Waals surface area contributed by atoms with Gasteiger partial charge in [0.25, 0.3) is 0 Å². The van der Waals surface area contributed by atoms with Crippen LogP contribution in [-0.2, 0) is 25.7 Å². The molecule has 1 fully saturated rings. The van der Waals surface area contributed by atoms with Crippen molar-refractivity contribution in [1.29, 1.82) is 0 Å². The van der Waals surface area contributed by atoms with Crippen LogP contribution in [-0.4, -0.2) is 38.9 Å². The number of pyridine rings is 1. The number of hydrogen-bond acceptors (Lipinski definition) is 7. The van der Waals surface area contributed by atoms with Crippen LogP contribution in [0.3, 0.4) is 0 Å². The van der Waals surface area contributed by atoms with Crippen molar-refractivity contribution in [2.45, 2.75) is 49.9 Å². The van der Waals surface area contributed by atoms with Crippen LogP contribution in [0.4, 0.5) is 5.69 Å². The minimum absolute atomic E-state index is 0.0182. The first-order chi connectivity index (χ1) is 17.9. The molecule has 9 heteroatoms. The number of carbonyl (C=O) groups is 2. The third-order valence-electron chi connectivity index (χ3n) is 6.19. The van der Waals surface area contributed by atoms with Crippen LogP contribution < -0.4 is 5.32 Å². The van der Waals surface area contributed by atoms with Gasteiger partial charge in [0.05, 0.1) is 30.3 Å². The molecule has 4 atom stereocenters. The van der Waals surface area contributed by atoms with Crippen LogP contribution in [0.25, 0.3) is 0 Å². The zero-order valence-corrected chi connectivity index (χ0v) is 21.3. The third-order valence-corrected chi connectivity index (χ3v) is 7.22. The minimum Gasteiger partial charge on any atom is -0.481 e. The fraction of sp³-hybridized carbons (Fsp3) is 0.321. The number of anilines is 1. The maximum Gasteiger partial charge on any atom is 0.303 e. The maximum absolute atomic E-state index is 12.0. The van der Waals surface area contributed by atoms with Crippen molar-refractivity contribution in [1.82, 2.24) is 4.98 Å². The molecule has 1 amide bonds. The Morgan fingerprint density at radius 3 is 2.35 bits per heavy atom. The molecule has 1 saturated heterocycles. The van der Waals surface area contributed by atoms with Crippen LogP contribution in [0.5, 0.6) is 0 Å². The molecule has 0 bridgehead atoms. The molecule has 1 aliphatic heterocycles. The van der Waals surface area contributed by atoms with Gasteiger partial charge in [-0.3, -0.25) is 9.59 Å². The molecule has 4 rings (SSSR count). The van der Waals surface area contributed by atoms with E-state index in [1.165, 1.54) is 0 Å². The summed E-state index contributed by atoms with van der Waals surface area (Å²) in [5, 5.41) is 21.8. The summed E-state index contributed by atoms with van der Waals surface area (Å²) in [5.74, 6) is -0.615. The first-order valence-corrected chi connectivity index (χ1v) is 13.1. The Kier molecular flexibility index (Phi) is 9.29. The van der Waals surface area contributed by atoms with Gasteiger partial charge in [0.15, 0.2) is 6.29 Å². The Morgan fingerprint density at radius 2 is 1.70 bits per heavy atom. The van der Waals surface area contributed by atoms with E-state index >= 15 is 0 Å². The van der Waals surface area contributed by atoms with Crippen LogP contribution >= 0.6 is 11.8 Å². The van der Waals surface area contributed by atoms with Crippen molar-refractivity contribution < 1.29 is 29.3 Å². The molecular weight excluding hydrogens is 492 g/mol. The summed E-state index contributed by atoms with van der Waals surface area (Å²) in [6.45, 7) is 2.09. The number of carboxylic acids is 1. The summed E-state index contributed by atoms with van der Waals surface area (Å²) in [6, 6.07) is 20.7. The highest BCUT2D eigenvalue weighted by Gasteiger charge is 2.38. The second kappa shape index (κ2) is 12.8. The molecule has 1 aliphatic rings. The van der Waals surface area contributed by atoms with Gasteiger partial charge in [-0.05, 0) is 35.4 Å². The molecule has 2 heterocycles. The number of thioether (sulfide) groups is 1. The Labute approximate surface area is 220 Å². The Hall–Kier alpha value is -3.24. The number of aliphatic hydroxyl groups is 1. The third kappa shape index (κ3) is 7.39. The number of aromatic nitrogens is 1. The van der Waals surface area contributed by atoms with Gasteiger partial charge in [-0.25, -0.2) is 4.98 Å². The largest absolute Gasteiger partial charge is 0.481 e. The van der Waals surface area contributed by atoms with E-state index in [0.717, 1.165) is 21.7 Å². The molecule has 0 aliphatic carbocycles. The quantitative estimate of drug-likeness (QED) is 0.320. The number of carbonyl (C=O) groups excluding carboxylic acids is 1. The highest BCUT2D eigenvalue weighted by Crippen LogP contribution is 2.43. The van der Waals surface area contributed by atoms with Crippen LogP contribution in [0.2, 0.25) is 0 Å². The Bertz CT molecular complexity index is 1170. The number of benzene rings is 2. The predicted octanol–water partition coefficient (Wildman–Crippen LogP) is 4.96. The summed E-state index contributed by atoms with van der Waals surface area (Å²) in [4.78, 5) is 27.1. The van der Waals surface area contributed by atoms with E-state index in [-0.39, 0.29) is 43.5 Å². The lowest BCUT2D eigenvalue weighted by Gasteiger charge is -2.41. The minimum atomic E-state index is -1.01. The zero-order chi connectivity index (χ0) is 26.2. The van der Waals surface area contributed by atoms with Gasteiger partial charge in [-0.15, -0.1) is 11.8 Å². The maximum atomic E-state index is 12.0. The van der Waals surface area contributed by atoms with Gasteiger partial charge in [0, 0.05) is 35.5 Å². The van der Waals surface area contributed by atoms with Crippen molar-refractivity contribution in [3.05, 3.63) is 89.6 Å². The SMILES string of the molecule is C[C@@H]1[C@H](CSc2ccccn2)O[C@H](c2ccc(NC(=O)CCC(=O)O)cc2)O[C@@H]1c1ccc(CO)cc1. The number of nitrogens with one attached hydrogen (secondary N) is 1. The Balaban J connectivity index is 1.50. The molecule has 2 aromatic carbocycles. The van der Waals surface area contributed by atoms with E-state index in [2.05, 4.69) is 17.2 Å². The highest BCUT2D eigenvalue weighted by molar-refractivity contribution is 7.99. The molecule has 3 N–H and O–H groups in total. The summed E-state index contributed by atoms with van der Waals surface area (Å²) >= 11 is 1.63. The lowest BCUT2D eigenvalue weighted by atomic mass is 9.91. The number of carboxylic acid groups (broad SMARTS) is 1. The standard InChI is InChI=1S/C28H30N2O6S/c1-18-23(17-37-25-4-2-3-15-29-25)35-28(36-27(18)20-7-5-19(16-31)6-8-20)21-9-11-22(12-10-21)30-24(32)13-14-26(33)34/h2-12,15,18,23,27-28,31H,13-14,16-17H2,1H3,(H,30,32)(H,33,34)/t18-,23+,27+,28+/m1/s1. The fourth-order valence-corrected chi connectivity index (χ4v) is 5.10. The average molecular weight is 523 g/mol. The number of aliphatic hydroxyl groups excluding tert-OH is 1. The zero-order valence-electron chi connectivity index (χ0n) is 20.4. The summed E-state index contributed by atoms with van der Waals surface area (Å²) in [5.41, 5.74) is 3.22. The van der Waals surface area contributed by atoms with Crippen molar-refractivity contribution >= 4 is 29.3 Å². The van der Waals surface area contributed by atoms with Crippen molar-refractivity contribution in [2.75, 3.05) is 11.1 Å². The molecule has 0 unspecified atom stereocenters. The number of ether oxygens (including phenoxy) is 2. The molecule has 3 aromatic rings. The highest BCUT2D eigenvalue weighted by atomic mass is 32.2. The van der Waals surface area contributed by atoms with Crippen molar-refractivity contribution in [3.63, 3.8) is 0 Å². The molecular formula is C28H30N2O6S. The molecule has 0 spiro atoms. The summed E-state index contributed by atoms with van der Waals surface area (Å²) < 4.78 is 12.9. The van der Waals surface area contributed by atoms with E-state index in [0.29, 0.717) is 11.4 Å². The lowest BCUT2D eigenvalue weighted by molar-refractivity contribution is -0.268. The fourth-order valence-electron chi connectivity index (χ4n) is 4.08. The van der Waals surface area contributed by atoms with Crippen molar-refractivity contribution in [2.24, 2.45) is 5.92 Å². The van der Waals surface area contributed by atoms with Crippen LogP contribution in [0.1, 0.15) is 48.8 Å². The number of aliphatic carboxylic acids is 1. The van der Waals surface area contributed by atoms with Gasteiger partial charge >= 0.3 is 5.97 Å². The van der Waals surface area contributed by atoms with E-state index in [9.17, 15) is 14.7 Å². The van der Waals surface area contributed by atoms with Gasteiger partial charge < -0.3 is 25.0 Å². The number of amides is 1. The van der Waals surface area contributed by atoms with Gasteiger partial charge in [0.1, 0.15) is 0 Å². The van der Waals surface area contributed by atoms with Gasteiger partial charge in [0.2, 0.25) is 5.91 Å². The summed E-state index contributed by atoms with van der Waals surface area (Å²) in [6.07, 6.45) is 0.498. The Morgan fingerprint density at radius 1 is 0.973 bits per heavy atom. The van der Waals surface area contributed by atoms with Gasteiger partial charge in [-0.1, -0.05) is 49.4 Å². The van der Waals surface area contributed by atoms with E-state index in [1.54, 1.807) is 30.1 Å². The first-order valence-electron chi connectivity index (χ1n) is 12.1. The van der Waals surface area contributed by atoms with E-state index in [1.807, 2.05) is 54.6 Å². The molecule has 1 aromatic heterocycles. The average Bonchev–Trinajstić information content (AvgIpc) is 2.92. The van der Waals surface area contributed by atoms with Crippen molar-refractivity contribution in [3.8, 4) is 0 Å². The predicted molar refractivity (Wildman–Crippen MR) is 140 cm³/mol. The molecule has 8 nitrogen and oxygen atoms in total. The molecule has 0 radical (unpaired) electrons. The molecule has 194 valence electrons. The smallest absolute Gasteiger partial charge is 0.303 e. The second-order valence-electron chi connectivity index (χ2n) is 8.86. The number of rotatable bonds is 10. The van der Waals surface area contributed by atoms with Crippen LogP contribution in [0, 0.1) is 5.92 Å². The number of nitrogens with zero attached hydrogens (tertiary/aromatic N) is 1. The topological polar surface area (TPSA) is 118 Å². The second-order valence-corrected chi connectivity index (χ2v) is 9.91. The lowest BCUT2D eigenvalue weighted by Crippen LogP contribution is -2.38. The van der Waals surface area contributed by atoms with Crippen LogP contribution in [0.15, 0.2) is 78.0 Å². The first kappa shape index (κ1) is 26.8. The monoisotopic (exact) mass is 522 g/mol. The summed E-state index contributed by atoms with van der Waals surface area (Å²) in [7, 11) is 0.